The molecule has 1 aliphatic carbocycles. The van der Waals surface area contributed by atoms with Crippen LogP contribution in [0.1, 0.15) is 36.0 Å². The largest absolute Gasteiger partial charge is 0.342 e. The van der Waals surface area contributed by atoms with Crippen LogP contribution in [0.3, 0.4) is 0 Å². The molecule has 2 radical (unpaired) electrons. The standard InChI is InChI=1S/C16H20BNO/c1-10-5-14(15-7-16(15)17)4-3-13(10)6-12-8-18(9-12)11(2)19/h3-5,12,15-16H,6-9H2,1-2H3. The van der Waals surface area contributed by atoms with E-state index in [-0.39, 0.29) is 5.91 Å². The molecule has 1 saturated heterocycles. The molecule has 3 heteroatoms. The minimum atomic E-state index is 0.200. The van der Waals surface area contributed by atoms with Gasteiger partial charge in [0.2, 0.25) is 5.91 Å². The van der Waals surface area contributed by atoms with E-state index in [4.69, 9.17) is 7.85 Å². The van der Waals surface area contributed by atoms with Gasteiger partial charge >= 0.3 is 0 Å². The number of rotatable bonds is 3. The van der Waals surface area contributed by atoms with E-state index in [1.165, 1.54) is 16.7 Å². The van der Waals surface area contributed by atoms with Gasteiger partial charge in [-0.3, -0.25) is 4.79 Å². The third-order valence-electron chi connectivity index (χ3n) is 4.55. The van der Waals surface area contributed by atoms with Crippen molar-refractivity contribution in [1.29, 1.82) is 0 Å². The van der Waals surface area contributed by atoms with Gasteiger partial charge in [-0.1, -0.05) is 30.4 Å². The summed E-state index contributed by atoms with van der Waals surface area (Å²) in [5, 5.41) is 0. The van der Waals surface area contributed by atoms with Crippen molar-refractivity contribution in [2.45, 2.75) is 38.4 Å². The van der Waals surface area contributed by atoms with Gasteiger partial charge in [0.25, 0.3) is 0 Å². The van der Waals surface area contributed by atoms with Crippen molar-refractivity contribution >= 4 is 13.8 Å². The van der Waals surface area contributed by atoms with Gasteiger partial charge < -0.3 is 4.90 Å². The lowest BCUT2D eigenvalue weighted by Gasteiger charge is -2.39. The minimum absolute atomic E-state index is 0.200. The zero-order valence-corrected chi connectivity index (χ0v) is 11.7. The summed E-state index contributed by atoms with van der Waals surface area (Å²) in [5.74, 6) is 1.80. The monoisotopic (exact) mass is 253 g/mol. The Morgan fingerprint density at radius 2 is 2.11 bits per heavy atom. The van der Waals surface area contributed by atoms with Crippen LogP contribution in [0.15, 0.2) is 18.2 Å². The first-order valence-corrected chi connectivity index (χ1v) is 7.15. The van der Waals surface area contributed by atoms with Crippen molar-refractivity contribution < 1.29 is 4.79 Å². The molecule has 2 aliphatic rings. The van der Waals surface area contributed by atoms with Crippen LogP contribution >= 0.6 is 0 Å². The van der Waals surface area contributed by atoms with E-state index >= 15 is 0 Å². The average Bonchev–Trinajstić information content (AvgIpc) is 3.01. The number of hydrogen-bond donors (Lipinski definition) is 0. The normalized spacial score (nSPS) is 26.1. The van der Waals surface area contributed by atoms with Crippen LogP contribution in [0.25, 0.3) is 0 Å². The first-order chi connectivity index (χ1) is 9.04. The number of aryl methyl sites for hydroxylation is 1. The highest BCUT2D eigenvalue weighted by atomic mass is 16.2. The summed E-state index contributed by atoms with van der Waals surface area (Å²) in [6, 6.07) is 6.79. The summed E-state index contributed by atoms with van der Waals surface area (Å²) in [6.07, 6.45) is 2.22. The van der Waals surface area contributed by atoms with Gasteiger partial charge in [-0.2, -0.15) is 0 Å². The highest BCUT2D eigenvalue weighted by Crippen LogP contribution is 2.50. The molecule has 1 saturated carbocycles. The third kappa shape index (κ3) is 2.56. The first kappa shape index (κ1) is 12.8. The van der Waals surface area contributed by atoms with E-state index in [1.807, 2.05) is 4.90 Å². The lowest BCUT2D eigenvalue weighted by atomic mass is 9.88. The highest BCUT2D eigenvalue weighted by molar-refractivity contribution is 6.14. The summed E-state index contributed by atoms with van der Waals surface area (Å²) < 4.78 is 0. The van der Waals surface area contributed by atoms with E-state index in [0.717, 1.165) is 25.9 Å². The van der Waals surface area contributed by atoms with Gasteiger partial charge in [0.05, 0.1) is 7.85 Å². The van der Waals surface area contributed by atoms with Crippen molar-refractivity contribution in [3.8, 4) is 0 Å². The van der Waals surface area contributed by atoms with Crippen LogP contribution < -0.4 is 0 Å². The molecule has 1 amide bonds. The maximum Gasteiger partial charge on any atom is 0.219 e. The number of carbonyl (C=O) groups is 1. The molecular formula is C16H20BNO. The Hall–Kier alpha value is -1.25. The number of nitrogens with zero attached hydrogens (tertiary/aromatic N) is 1. The molecule has 0 N–H and O–H groups in total. The van der Waals surface area contributed by atoms with E-state index in [2.05, 4.69) is 25.1 Å². The first-order valence-electron chi connectivity index (χ1n) is 7.15. The smallest absolute Gasteiger partial charge is 0.219 e. The number of benzene rings is 1. The molecule has 0 bridgehead atoms. The molecule has 2 unspecified atom stereocenters. The van der Waals surface area contributed by atoms with Crippen LogP contribution in [0.5, 0.6) is 0 Å². The Balaban J connectivity index is 1.61. The van der Waals surface area contributed by atoms with Crippen LogP contribution in [-0.4, -0.2) is 31.7 Å². The number of hydrogen-bond acceptors (Lipinski definition) is 1. The summed E-state index contributed by atoms with van der Waals surface area (Å²) >= 11 is 0. The zero-order chi connectivity index (χ0) is 13.6. The molecular weight excluding hydrogens is 233 g/mol. The molecule has 2 atom stereocenters. The zero-order valence-electron chi connectivity index (χ0n) is 11.7. The molecule has 2 fully saturated rings. The molecule has 1 aromatic rings. The fourth-order valence-corrected chi connectivity index (χ4v) is 3.04. The number of amides is 1. The minimum Gasteiger partial charge on any atom is -0.342 e. The second-order valence-electron chi connectivity index (χ2n) is 6.19. The van der Waals surface area contributed by atoms with Crippen molar-refractivity contribution in [1.82, 2.24) is 4.90 Å². The van der Waals surface area contributed by atoms with E-state index < -0.39 is 0 Å². The Morgan fingerprint density at radius 3 is 2.63 bits per heavy atom. The van der Waals surface area contributed by atoms with Gasteiger partial charge in [-0.15, -0.1) is 0 Å². The van der Waals surface area contributed by atoms with Crippen LogP contribution in [0, 0.1) is 12.8 Å². The second-order valence-corrected chi connectivity index (χ2v) is 6.19. The topological polar surface area (TPSA) is 20.3 Å². The molecule has 1 aromatic carbocycles. The van der Waals surface area contributed by atoms with Crippen LogP contribution in [0.2, 0.25) is 5.82 Å². The summed E-state index contributed by atoms with van der Waals surface area (Å²) in [6.45, 7) is 5.68. The molecule has 19 heavy (non-hydrogen) atoms. The predicted octanol–water partition coefficient (Wildman–Crippen LogP) is 2.46. The molecule has 98 valence electrons. The number of carbonyl (C=O) groups excluding carboxylic acids is 1. The predicted molar refractivity (Wildman–Crippen MR) is 77.5 cm³/mol. The molecule has 3 rings (SSSR count). The van der Waals surface area contributed by atoms with Crippen molar-refractivity contribution in [2.75, 3.05) is 13.1 Å². The fraction of sp³-hybridized carbons (Fsp3) is 0.562. The Morgan fingerprint density at radius 1 is 1.42 bits per heavy atom. The van der Waals surface area contributed by atoms with E-state index in [1.54, 1.807) is 6.92 Å². The summed E-state index contributed by atoms with van der Waals surface area (Å²) in [5.41, 5.74) is 4.19. The maximum atomic E-state index is 11.2. The van der Waals surface area contributed by atoms with Crippen LogP contribution in [-0.2, 0) is 11.2 Å². The molecule has 1 heterocycles. The average molecular weight is 253 g/mol. The molecule has 2 nitrogen and oxygen atoms in total. The van der Waals surface area contributed by atoms with Gasteiger partial charge in [0.1, 0.15) is 0 Å². The van der Waals surface area contributed by atoms with E-state index in [0.29, 0.717) is 17.7 Å². The second kappa shape index (κ2) is 4.70. The Bertz CT molecular complexity index is 507. The van der Waals surface area contributed by atoms with Crippen molar-refractivity contribution in [3.05, 3.63) is 34.9 Å². The van der Waals surface area contributed by atoms with Gasteiger partial charge in [-0.25, -0.2) is 0 Å². The SMILES string of the molecule is [B]C1CC1c1ccc(CC2CN(C(C)=O)C2)c(C)c1. The van der Waals surface area contributed by atoms with Crippen molar-refractivity contribution in [3.63, 3.8) is 0 Å². The Labute approximate surface area is 116 Å². The summed E-state index contributed by atoms with van der Waals surface area (Å²) in [7, 11) is 5.90. The van der Waals surface area contributed by atoms with Crippen molar-refractivity contribution in [2.24, 2.45) is 5.92 Å². The maximum absolute atomic E-state index is 11.2. The highest BCUT2D eigenvalue weighted by Gasteiger charge is 2.33. The fourth-order valence-electron chi connectivity index (χ4n) is 3.04. The number of likely N-dealkylation sites (tertiary alicyclic amines) is 1. The summed E-state index contributed by atoms with van der Waals surface area (Å²) in [4.78, 5) is 13.1. The quantitative estimate of drug-likeness (QED) is 0.758. The van der Waals surface area contributed by atoms with Gasteiger partial charge in [-0.05, 0) is 41.9 Å². The Kier molecular flexibility index (Phi) is 3.16. The molecule has 0 aromatic heterocycles. The lowest BCUT2D eigenvalue weighted by Crippen LogP contribution is -2.49. The lowest BCUT2D eigenvalue weighted by molar-refractivity contribution is -0.134. The van der Waals surface area contributed by atoms with Crippen LogP contribution in [0.4, 0.5) is 0 Å². The molecule has 0 spiro atoms. The van der Waals surface area contributed by atoms with Gasteiger partial charge in [0.15, 0.2) is 0 Å². The van der Waals surface area contributed by atoms with Gasteiger partial charge in [0, 0.05) is 20.0 Å². The molecule has 1 aliphatic heterocycles. The van der Waals surface area contributed by atoms with E-state index in [9.17, 15) is 4.79 Å². The third-order valence-corrected chi connectivity index (χ3v) is 4.55.